The first-order valence-corrected chi connectivity index (χ1v) is 6.69. The Labute approximate surface area is 104 Å². The summed E-state index contributed by atoms with van der Waals surface area (Å²) in [6.07, 6.45) is 4.38. The van der Waals surface area contributed by atoms with Gasteiger partial charge in [-0.1, -0.05) is 13.0 Å². The second-order valence-corrected chi connectivity index (χ2v) is 4.85. The van der Waals surface area contributed by atoms with Crippen molar-refractivity contribution >= 4 is 0 Å². The molecule has 1 aliphatic rings. The van der Waals surface area contributed by atoms with Crippen molar-refractivity contribution in [3.8, 4) is 0 Å². The number of nitrogens with zero attached hydrogens (tertiary/aromatic N) is 2. The molecule has 1 N–H and O–H groups in total. The fourth-order valence-corrected chi connectivity index (χ4v) is 2.49. The molecule has 1 aromatic rings. The van der Waals surface area contributed by atoms with Crippen LogP contribution in [0.5, 0.6) is 0 Å². The molecule has 3 nitrogen and oxygen atoms in total. The zero-order valence-electron chi connectivity index (χ0n) is 10.9. The minimum absolute atomic E-state index is 0.356. The van der Waals surface area contributed by atoms with Gasteiger partial charge in [-0.05, 0) is 51.5 Å². The van der Waals surface area contributed by atoms with E-state index in [1.807, 2.05) is 12.3 Å². The number of pyridine rings is 1. The van der Waals surface area contributed by atoms with Gasteiger partial charge in [-0.2, -0.15) is 0 Å². The van der Waals surface area contributed by atoms with Crippen LogP contribution in [0.25, 0.3) is 0 Å². The molecule has 0 unspecified atom stereocenters. The smallest absolute Gasteiger partial charge is 0.0570 e. The van der Waals surface area contributed by atoms with Crippen LogP contribution in [0, 0.1) is 0 Å². The molecule has 1 aromatic heterocycles. The molecule has 94 valence electrons. The standard InChI is InChI=1S/C14H23N3/c1-3-17-10-7-13(8-11-17)16-12(2)14-6-4-5-9-15-14/h4-6,9,12-13,16H,3,7-8,10-11H2,1-2H3/t12-/m1/s1. The normalized spacial score (nSPS) is 20.4. The van der Waals surface area contributed by atoms with Crippen molar-refractivity contribution in [2.24, 2.45) is 0 Å². The van der Waals surface area contributed by atoms with Gasteiger partial charge in [-0.25, -0.2) is 0 Å². The Morgan fingerprint density at radius 2 is 2.18 bits per heavy atom. The highest BCUT2D eigenvalue weighted by molar-refractivity contribution is 5.07. The lowest BCUT2D eigenvalue weighted by atomic mass is 10.0. The molecule has 0 aliphatic carbocycles. The van der Waals surface area contributed by atoms with Crippen molar-refractivity contribution < 1.29 is 0 Å². The number of hydrogen-bond acceptors (Lipinski definition) is 3. The summed E-state index contributed by atoms with van der Waals surface area (Å²) in [6.45, 7) is 8.08. The number of nitrogens with one attached hydrogen (secondary N) is 1. The van der Waals surface area contributed by atoms with Crippen LogP contribution in [-0.4, -0.2) is 35.6 Å². The first-order chi connectivity index (χ1) is 8.29. The van der Waals surface area contributed by atoms with E-state index in [1.165, 1.54) is 32.5 Å². The SMILES string of the molecule is CCN1CCC(N[C@H](C)c2ccccn2)CC1. The van der Waals surface area contributed by atoms with Crippen molar-refractivity contribution in [3.05, 3.63) is 30.1 Å². The van der Waals surface area contributed by atoms with Gasteiger partial charge >= 0.3 is 0 Å². The van der Waals surface area contributed by atoms with Crippen LogP contribution in [0.2, 0.25) is 0 Å². The van der Waals surface area contributed by atoms with Crippen molar-refractivity contribution in [2.45, 2.75) is 38.8 Å². The van der Waals surface area contributed by atoms with Gasteiger partial charge in [0.1, 0.15) is 0 Å². The van der Waals surface area contributed by atoms with Gasteiger partial charge in [-0.3, -0.25) is 4.98 Å². The fraction of sp³-hybridized carbons (Fsp3) is 0.643. The molecule has 0 radical (unpaired) electrons. The highest BCUT2D eigenvalue weighted by Crippen LogP contribution is 2.15. The van der Waals surface area contributed by atoms with Gasteiger partial charge in [0.05, 0.1) is 5.69 Å². The first-order valence-electron chi connectivity index (χ1n) is 6.69. The maximum atomic E-state index is 4.40. The zero-order valence-corrected chi connectivity index (χ0v) is 10.9. The van der Waals surface area contributed by atoms with Crippen LogP contribution in [0.15, 0.2) is 24.4 Å². The van der Waals surface area contributed by atoms with Crippen LogP contribution in [0.3, 0.4) is 0 Å². The number of piperidine rings is 1. The summed E-state index contributed by atoms with van der Waals surface area (Å²) in [5.41, 5.74) is 1.14. The van der Waals surface area contributed by atoms with Crippen LogP contribution in [-0.2, 0) is 0 Å². The molecule has 1 aliphatic heterocycles. The molecule has 2 rings (SSSR count). The molecule has 2 heterocycles. The number of likely N-dealkylation sites (tertiary alicyclic amines) is 1. The summed E-state index contributed by atoms with van der Waals surface area (Å²) < 4.78 is 0. The quantitative estimate of drug-likeness (QED) is 0.864. The maximum Gasteiger partial charge on any atom is 0.0570 e. The highest BCUT2D eigenvalue weighted by Gasteiger charge is 2.19. The van der Waals surface area contributed by atoms with Crippen molar-refractivity contribution in [1.82, 2.24) is 15.2 Å². The topological polar surface area (TPSA) is 28.2 Å². The van der Waals surface area contributed by atoms with Gasteiger partial charge in [0.25, 0.3) is 0 Å². The molecule has 1 saturated heterocycles. The third-order valence-electron chi connectivity index (χ3n) is 3.65. The van der Waals surface area contributed by atoms with Gasteiger partial charge in [0, 0.05) is 18.3 Å². The predicted molar refractivity (Wildman–Crippen MR) is 70.9 cm³/mol. The molecule has 1 fully saturated rings. The minimum atomic E-state index is 0.356. The second-order valence-electron chi connectivity index (χ2n) is 4.85. The molecular weight excluding hydrogens is 210 g/mol. The van der Waals surface area contributed by atoms with Gasteiger partial charge in [-0.15, -0.1) is 0 Å². The Bertz CT molecular complexity index is 317. The van der Waals surface area contributed by atoms with Gasteiger partial charge < -0.3 is 10.2 Å². The first kappa shape index (κ1) is 12.5. The predicted octanol–water partition coefficient (Wildman–Crippen LogP) is 2.22. The third-order valence-corrected chi connectivity index (χ3v) is 3.65. The summed E-state index contributed by atoms with van der Waals surface area (Å²) in [6, 6.07) is 7.12. The van der Waals surface area contributed by atoms with Crippen LogP contribution >= 0.6 is 0 Å². The van der Waals surface area contributed by atoms with Crippen molar-refractivity contribution in [1.29, 1.82) is 0 Å². The van der Waals surface area contributed by atoms with E-state index >= 15 is 0 Å². The van der Waals surface area contributed by atoms with Crippen LogP contribution < -0.4 is 5.32 Å². The Morgan fingerprint density at radius 3 is 2.76 bits per heavy atom. The highest BCUT2D eigenvalue weighted by atomic mass is 15.1. The molecule has 0 amide bonds. The molecule has 3 heteroatoms. The molecule has 1 atom stereocenters. The van der Waals surface area contributed by atoms with E-state index < -0.39 is 0 Å². The molecule has 0 saturated carbocycles. The van der Waals surface area contributed by atoms with Crippen molar-refractivity contribution in [2.75, 3.05) is 19.6 Å². The number of rotatable bonds is 4. The average molecular weight is 233 g/mol. The minimum Gasteiger partial charge on any atom is -0.306 e. The number of hydrogen-bond donors (Lipinski definition) is 1. The van der Waals surface area contributed by atoms with E-state index in [-0.39, 0.29) is 0 Å². The maximum absolute atomic E-state index is 4.40. The molecule has 0 spiro atoms. The summed E-state index contributed by atoms with van der Waals surface area (Å²) >= 11 is 0. The van der Waals surface area contributed by atoms with E-state index in [1.54, 1.807) is 0 Å². The van der Waals surface area contributed by atoms with Gasteiger partial charge in [0.2, 0.25) is 0 Å². The molecular formula is C14H23N3. The lowest BCUT2D eigenvalue weighted by Crippen LogP contribution is -2.43. The van der Waals surface area contributed by atoms with E-state index in [0.717, 1.165) is 5.69 Å². The largest absolute Gasteiger partial charge is 0.306 e. The van der Waals surface area contributed by atoms with E-state index in [0.29, 0.717) is 12.1 Å². The molecule has 0 aromatic carbocycles. The molecule has 17 heavy (non-hydrogen) atoms. The van der Waals surface area contributed by atoms with Crippen LogP contribution in [0.1, 0.15) is 38.4 Å². The van der Waals surface area contributed by atoms with E-state index in [4.69, 9.17) is 0 Å². The fourth-order valence-electron chi connectivity index (χ4n) is 2.49. The Hall–Kier alpha value is -0.930. The summed E-state index contributed by atoms with van der Waals surface area (Å²) in [7, 11) is 0. The lowest BCUT2D eigenvalue weighted by molar-refractivity contribution is 0.200. The third kappa shape index (κ3) is 3.51. The van der Waals surface area contributed by atoms with E-state index in [2.05, 4.69) is 41.2 Å². The Morgan fingerprint density at radius 1 is 1.41 bits per heavy atom. The summed E-state index contributed by atoms with van der Waals surface area (Å²) in [4.78, 5) is 6.92. The zero-order chi connectivity index (χ0) is 12.1. The Balaban J connectivity index is 1.82. The number of aromatic nitrogens is 1. The average Bonchev–Trinajstić information content (AvgIpc) is 2.40. The second kappa shape index (κ2) is 6.12. The monoisotopic (exact) mass is 233 g/mol. The summed E-state index contributed by atoms with van der Waals surface area (Å²) in [5, 5.41) is 3.69. The van der Waals surface area contributed by atoms with Gasteiger partial charge in [0.15, 0.2) is 0 Å². The Kier molecular flexibility index (Phi) is 4.51. The molecule has 0 bridgehead atoms. The van der Waals surface area contributed by atoms with Crippen LogP contribution in [0.4, 0.5) is 0 Å². The summed E-state index contributed by atoms with van der Waals surface area (Å²) in [5.74, 6) is 0. The van der Waals surface area contributed by atoms with Crippen molar-refractivity contribution in [3.63, 3.8) is 0 Å². The lowest BCUT2D eigenvalue weighted by Gasteiger charge is -2.33. The van der Waals surface area contributed by atoms with E-state index in [9.17, 15) is 0 Å².